The average molecular weight is 299 g/mol. The fourth-order valence-corrected chi connectivity index (χ4v) is 2.32. The molecule has 1 unspecified atom stereocenters. The van der Waals surface area contributed by atoms with Gasteiger partial charge in [-0.15, -0.1) is 0 Å². The summed E-state index contributed by atoms with van der Waals surface area (Å²) in [6.45, 7) is 5.34. The molecule has 0 spiro atoms. The van der Waals surface area contributed by atoms with Gasteiger partial charge in [0.25, 0.3) is 0 Å². The molecule has 1 aromatic carbocycles. The van der Waals surface area contributed by atoms with Crippen molar-refractivity contribution in [1.82, 2.24) is 0 Å². The lowest BCUT2D eigenvalue weighted by Gasteiger charge is -2.17. The summed E-state index contributed by atoms with van der Waals surface area (Å²) in [7, 11) is 0. The predicted molar refractivity (Wildman–Crippen MR) is 77.9 cm³/mol. The Balaban J connectivity index is 2.47. The maximum absolute atomic E-state index is 5.95. The number of rotatable bonds is 8. The van der Waals surface area contributed by atoms with Crippen LogP contribution in [0.3, 0.4) is 0 Å². The Bertz CT molecular complexity index is 312. The Kier molecular flexibility index (Phi) is 7.34. The van der Waals surface area contributed by atoms with Crippen molar-refractivity contribution in [2.45, 2.75) is 44.9 Å². The van der Waals surface area contributed by atoms with Gasteiger partial charge in [-0.2, -0.15) is 0 Å². The summed E-state index contributed by atoms with van der Waals surface area (Å²) in [6.07, 6.45) is 5.07. The molecule has 17 heavy (non-hydrogen) atoms. The summed E-state index contributed by atoms with van der Waals surface area (Å²) in [5.74, 6) is 1.72. The van der Waals surface area contributed by atoms with Crippen molar-refractivity contribution in [2.24, 2.45) is 5.92 Å². The molecule has 0 fully saturated rings. The van der Waals surface area contributed by atoms with E-state index in [0.29, 0.717) is 5.92 Å². The molecular formula is C15H23BrO. The van der Waals surface area contributed by atoms with Crippen molar-refractivity contribution in [3.8, 4) is 5.75 Å². The van der Waals surface area contributed by atoms with E-state index in [0.717, 1.165) is 17.7 Å². The lowest BCUT2D eigenvalue weighted by Crippen LogP contribution is -2.11. The Morgan fingerprint density at radius 3 is 2.65 bits per heavy atom. The topological polar surface area (TPSA) is 9.23 Å². The first-order valence-corrected chi connectivity index (χ1v) is 7.70. The van der Waals surface area contributed by atoms with Crippen LogP contribution in [0.4, 0.5) is 0 Å². The molecule has 1 nitrogen and oxygen atoms in total. The molecule has 0 aliphatic heterocycles. The normalized spacial score (nSPS) is 12.4. The summed E-state index contributed by atoms with van der Waals surface area (Å²) in [5.41, 5.74) is 1.23. The number of benzene rings is 1. The second-order valence-corrected chi connectivity index (χ2v) is 5.03. The largest absolute Gasteiger partial charge is 0.493 e. The van der Waals surface area contributed by atoms with Gasteiger partial charge in [0, 0.05) is 10.9 Å². The lowest BCUT2D eigenvalue weighted by molar-refractivity contribution is 0.232. The van der Waals surface area contributed by atoms with Crippen molar-refractivity contribution in [3.05, 3.63) is 29.8 Å². The van der Waals surface area contributed by atoms with Crippen LogP contribution in [0.15, 0.2) is 24.3 Å². The molecule has 2 heteroatoms. The monoisotopic (exact) mass is 298 g/mol. The number of unbranched alkanes of at least 4 members (excludes halogenated alkanes) is 1. The molecule has 0 bridgehead atoms. The molecule has 0 heterocycles. The SMILES string of the molecule is CCCCC(CC)COc1ccccc1CBr. The molecule has 0 amide bonds. The molecule has 0 aliphatic carbocycles. The number of hydrogen-bond donors (Lipinski definition) is 0. The van der Waals surface area contributed by atoms with Gasteiger partial charge in [-0.3, -0.25) is 0 Å². The number of para-hydroxylation sites is 1. The van der Waals surface area contributed by atoms with Crippen molar-refractivity contribution < 1.29 is 4.74 Å². The van der Waals surface area contributed by atoms with E-state index in [1.54, 1.807) is 0 Å². The van der Waals surface area contributed by atoms with E-state index >= 15 is 0 Å². The summed E-state index contributed by atoms with van der Waals surface area (Å²) in [4.78, 5) is 0. The van der Waals surface area contributed by atoms with E-state index < -0.39 is 0 Å². The van der Waals surface area contributed by atoms with Crippen LogP contribution in [-0.2, 0) is 5.33 Å². The number of ether oxygens (including phenoxy) is 1. The van der Waals surface area contributed by atoms with Crippen molar-refractivity contribution in [3.63, 3.8) is 0 Å². The van der Waals surface area contributed by atoms with E-state index in [9.17, 15) is 0 Å². The molecule has 96 valence electrons. The first kappa shape index (κ1) is 14.6. The minimum absolute atomic E-state index is 0.693. The van der Waals surface area contributed by atoms with Crippen LogP contribution in [0.1, 0.15) is 45.1 Å². The highest BCUT2D eigenvalue weighted by Crippen LogP contribution is 2.22. The van der Waals surface area contributed by atoms with E-state index in [1.807, 2.05) is 6.07 Å². The standard InChI is InChI=1S/C15H23BrO/c1-3-5-8-13(4-2)12-17-15-10-7-6-9-14(15)11-16/h6-7,9-10,13H,3-5,8,11-12H2,1-2H3. The third-order valence-corrected chi connectivity index (χ3v) is 3.74. The summed E-state index contributed by atoms with van der Waals surface area (Å²) in [5, 5.41) is 0.856. The second kappa shape index (κ2) is 8.57. The van der Waals surface area contributed by atoms with Gasteiger partial charge in [0.05, 0.1) is 6.61 Å². The van der Waals surface area contributed by atoms with E-state index in [-0.39, 0.29) is 0 Å². The van der Waals surface area contributed by atoms with Gasteiger partial charge in [0.15, 0.2) is 0 Å². The minimum atomic E-state index is 0.693. The van der Waals surface area contributed by atoms with Crippen LogP contribution in [0.2, 0.25) is 0 Å². The van der Waals surface area contributed by atoms with Gasteiger partial charge in [-0.25, -0.2) is 0 Å². The fraction of sp³-hybridized carbons (Fsp3) is 0.600. The number of alkyl halides is 1. The molecule has 0 radical (unpaired) electrons. The Morgan fingerprint density at radius 2 is 2.00 bits per heavy atom. The smallest absolute Gasteiger partial charge is 0.123 e. The Labute approximate surface area is 114 Å². The maximum atomic E-state index is 5.95. The maximum Gasteiger partial charge on any atom is 0.123 e. The molecule has 0 saturated carbocycles. The highest BCUT2D eigenvalue weighted by atomic mass is 79.9. The number of halogens is 1. The zero-order valence-corrected chi connectivity index (χ0v) is 12.5. The first-order chi connectivity index (χ1) is 8.31. The van der Waals surface area contributed by atoms with Crippen LogP contribution in [-0.4, -0.2) is 6.61 Å². The summed E-state index contributed by atoms with van der Waals surface area (Å²) < 4.78 is 5.95. The zero-order valence-electron chi connectivity index (χ0n) is 10.9. The predicted octanol–water partition coefficient (Wildman–Crippen LogP) is 5.18. The number of hydrogen-bond acceptors (Lipinski definition) is 1. The van der Waals surface area contributed by atoms with Crippen molar-refractivity contribution >= 4 is 15.9 Å². The lowest BCUT2D eigenvalue weighted by atomic mass is 10.0. The molecule has 1 atom stereocenters. The van der Waals surface area contributed by atoms with Gasteiger partial charge in [-0.1, -0.05) is 67.2 Å². The third kappa shape index (κ3) is 5.12. The van der Waals surface area contributed by atoms with Crippen LogP contribution >= 0.6 is 15.9 Å². The Morgan fingerprint density at radius 1 is 1.24 bits per heavy atom. The molecule has 1 aromatic rings. The van der Waals surface area contributed by atoms with Crippen LogP contribution in [0.25, 0.3) is 0 Å². The molecule has 0 aliphatic rings. The van der Waals surface area contributed by atoms with Gasteiger partial charge in [-0.05, 0) is 18.4 Å². The van der Waals surface area contributed by atoms with Crippen LogP contribution in [0, 0.1) is 5.92 Å². The quantitative estimate of drug-likeness (QED) is 0.601. The van der Waals surface area contributed by atoms with Gasteiger partial charge < -0.3 is 4.74 Å². The minimum Gasteiger partial charge on any atom is -0.493 e. The molecule has 0 N–H and O–H groups in total. The van der Waals surface area contributed by atoms with Gasteiger partial charge >= 0.3 is 0 Å². The molecular weight excluding hydrogens is 276 g/mol. The molecule has 0 saturated heterocycles. The van der Waals surface area contributed by atoms with Crippen molar-refractivity contribution in [2.75, 3.05) is 6.61 Å². The molecule has 0 aromatic heterocycles. The van der Waals surface area contributed by atoms with Crippen LogP contribution in [0.5, 0.6) is 5.75 Å². The fourth-order valence-electron chi connectivity index (χ4n) is 1.86. The second-order valence-electron chi connectivity index (χ2n) is 4.47. The van der Waals surface area contributed by atoms with Gasteiger partial charge in [0.1, 0.15) is 5.75 Å². The van der Waals surface area contributed by atoms with Gasteiger partial charge in [0.2, 0.25) is 0 Å². The average Bonchev–Trinajstić information content (AvgIpc) is 2.39. The third-order valence-electron chi connectivity index (χ3n) is 3.13. The molecule has 1 rings (SSSR count). The zero-order chi connectivity index (χ0) is 12.5. The first-order valence-electron chi connectivity index (χ1n) is 6.58. The summed E-state index contributed by atoms with van der Waals surface area (Å²) >= 11 is 3.49. The highest BCUT2D eigenvalue weighted by molar-refractivity contribution is 9.08. The van der Waals surface area contributed by atoms with E-state index in [2.05, 4.69) is 48.0 Å². The van der Waals surface area contributed by atoms with E-state index in [4.69, 9.17) is 4.74 Å². The summed E-state index contributed by atoms with van der Waals surface area (Å²) in [6, 6.07) is 8.26. The van der Waals surface area contributed by atoms with Crippen LogP contribution < -0.4 is 4.74 Å². The Hall–Kier alpha value is -0.500. The van der Waals surface area contributed by atoms with Crippen molar-refractivity contribution in [1.29, 1.82) is 0 Å². The highest BCUT2D eigenvalue weighted by Gasteiger charge is 2.08. The van der Waals surface area contributed by atoms with E-state index in [1.165, 1.54) is 31.2 Å².